The van der Waals surface area contributed by atoms with E-state index in [4.69, 9.17) is 30.8 Å². The Morgan fingerprint density at radius 2 is 1.71 bits per heavy atom. The van der Waals surface area contributed by atoms with Gasteiger partial charge in [-0.2, -0.15) is 0 Å². The maximum Gasteiger partial charge on any atom is 0.326 e. The van der Waals surface area contributed by atoms with E-state index in [1.807, 2.05) is 7.11 Å². The molecule has 9 nitrogen and oxygen atoms in total. The van der Waals surface area contributed by atoms with Gasteiger partial charge >= 0.3 is 6.03 Å². The van der Waals surface area contributed by atoms with Gasteiger partial charge in [0.2, 0.25) is 5.91 Å². The van der Waals surface area contributed by atoms with E-state index in [0.29, 0.717) is 24.9 Å². The van der Waals surface area contributed by atoms with E-state index >= 15 is 0 Å². The van der Waals surface area contributed by atoms with Gasteiger partial charge in [-0.25, -0.2) is 4.79 Å². The topological polar surface area (TPSA) is 92.7 Å². The number of alkyl halides is 1. The quantitative estimate of drug-likeness (QED) is 0.435. The molecule has 0 aromatic heterocycles. The molecule has 4 fully saturated rings. The summed E-state index contributed by atoms with van der Waals surface area (Å²) in [5, 5.41) is 3.08. The van der Waals surface area contributed by atoms with E-state index in [2.05, 4.69) is 24.1 Å². The molecular weight excluding hydrogens is 544 g/mol. The van der Waals surface area contributed by atoms with Crippen molar-refractivity contribution in [3.05, 3.63) is 0 Å². The molecule has 5 unspecified atom stereocenters. The Kier molecular flexibility index (Phi) is 10.5. The number of halogens is 1. The minimum Gasteiger partial charge on any atom is -0.381 e. The van der Waals surface area contributed by atoms with Crippen LogP contribution in [0.4, 0.5) is 4.79 Å². The van der Waals surface area contributed by atoms with Gasteiger partial charge in [-0.15, -0.1) is 11.6 Å². The number of hydrogen-bond acceptors (Lipinski definition) is 6. The lowest BCUT2D eigenvalue weighted by molar-refractivity contribution is -0.123. The maximum atomic E-state index is 14.6. The van der Waals surface area contributed by atoms with Crippen molar-refractivity contribution in [2.45, 2.75) is 126 Å². The largest absolute Gasteiger partial charge is 0.381 e. The van der Waals surface area contributed by atoms with Crippen LogP contribution in [0.2, 0.25) is 0 Å². The van der Waals surface area contributed by atoms with Gasteiger partial charge in [0.15, 0.2) is 0 Å². The molecule has 5 aliphatic rings. The molecule has 10 heteroatoms. The van der Waals surface area contributed by atoms with Crippen LogP contribution in [-0.4, -0.2) is 103 Å². The molecule has 5 rings (SSSR count). The number of urea groups is 1. The number of carbonyl (C=O) groups is 2. The molecule has 1 N–H and O–H groups in total. The number of nitrogens with zero attached hydrogens (tertiary/aromatic N) is 3. The highest BCUT2D eigenvalue weighted by Crippen LogP contribution is 2.45. The van der Waals surface area contributed by atoms with E-state index in [-0.39, 0.29) is 66.3 Å². The highest BCUT2D eigenvalue weighted by molar-refractivity contribution is 6.20. The Bertz CT molecular complexity index is 941. The maximum absolute atomic E-state index is 14.6. The summed E-state index contributed by atoms with van der Waals surface area (Å²) >= 11 is 6.59. The van der Waals surface area contributed by atoms with Crippen LogP contribution in [0.1, 0.15) is 84.5 Å². The van der Waals surface area contributed by atoms with Crippen molar-refractivity contribution in [1.29, 1.82) is 0 Å². The minimum atomic E-state index is -0.102. The summed E-state index contributed by atoms with van der Waals surface area (Å²) in [6.45, 7) is 5.22. The first kappa shape index (κ1) is 31.0. The fourth-order valence-electron chi connectivity index (χ4n) is 8.15. The molecule has 0 aromatic carbocycles. The SMILES string of the molecule is COC1CCC(C2=N[C@@H](C3CCCC(OC)C3)[C@@H](C3CCC(Cl)CC3)N2C(=O)N2CCNC(=O)C2)C(OC(C)C)C1. The van der Waals surface area contributed by atoms with Crippen LogP contribution in [0.5, 0.6) is 0 Å². The first-order valence-electron chi connectivity index (χ1n) is 16.1. The molecule has 0 bridgehead atoms. The standard InChI is InChI=1S/C31H51ClN4O5/c1-19(2)41-26-17-24(40-4)12-13-25(26)30-34-28(21-6-5-7-23(16-21)39-3)29(20-8-10-22(32)11-9-20)36(30)31(38)35-15-14-33-27(37)18-35/h19-26,28-29H,5-18H2,1-4H3,(H,33,37)/t20?,21?,22?,23?,24?,25?,26?,28-,29+/m0/s1. The van der Waals surface area contributed by atoms with Gasteiger partial charge in [-0.1, -0.05) is 6.42 Å². The predicted molar refractivity (Wildman–Crippen MR) is 159 cm³/mol. The average Bonchev–Trinajstić information content (AvgIpc) is 3.37. The number of rotatable bonds is 7. The molecule has 2 aliphatic heterocycles. The normalized spacial score (nSPS) is 38.6. The Labute approximate surface area is 251 Å². The summed E-state index contributed by atoms with van der Waals surface area (Å²) in [7, 11) is 3.59. The molecule has 0 spiro atoms. The third-order valence-corrected chi connectivity index (χ3v) is 10.7. The monoisotopic (exact) mass is 594 g/mol. The van der Waals surface area contributed by atoms with Gasteiger partial charge in [0.1, 0.15) is 12.4 Å². The van der Waals surface area contributed by atoms with Gasteiger partial charge in [0.05, 0.1) is 36.5 Å². The Balaban J connectivity index is 1.54. The lowest BCUT2D eigenvalue weighted by Gasteiger charge is -2.44. The highest BCUT2D eigenvalue weighted by atomic mass is 35.5. The fraction of sp³-hybridized carbons (Fsp3) is 0.903. The Hall–Kier alpha value is -1.42. The molecule has 3 saturated carbocycles. The number of carbonyl (C=O) groups excluding carboxylic acids is 2. The minimum absolute atomic E-state index is 0.00467. The van der Waals surface area contributed by atoms with Crippen LogP contribution in [0.3, 0.4) is 0 Å². The van der Waals surface area contributed by atoms with Crippen molar-refractivity contribution in [2.75, 3.05) is 33.9 Å². The number of piperazine rings is 1. The highest BCUT2D eigenvalue weighted by Gasteiger charge is 2.52. The molecule has 0 aromatic rings. The van der Waals surface area contributed by atoms with Gasteiger partial charge in [-0.3, -0.25) is 14.7 Å². The zero-order valence-electron chi connectivity index (χ0n) is 25.4. The second-order valence-corrected chi connectivity index (χ2v) is 13.8. The average molecular weight is 595 g/mol. The van der Waals surface area contributed by atoms with E-state index in [1.54, 1.807) is 12.0 Å². The molecule has 3 amide bonds. The summed E-state index contributed by atoms with van der Waals surface area (Å²) in [4.78, 5) is 36.4. The molecule has 2 heterocycles. The Morgan fingerprint density at radius 1 is 0.976 bits per heavy atom. The summed E-state index contributed by atoms with van der Waals surface area (Å²) in [6, 6.07) is -0.0929. The summed E-state index contributed by atoms with van der Waals surface area (Å²) in [5.41, 5.74) is 0. The number of nitrogens with one attached hydrogen (secondary N) is 1. The zero-order chi connectivity index (χ0) is 29.1. The second-order valence-electron chi connectivity index (χ2n) is 13.2. The van der Waals surface area contributed by atoms with E-state index in [9.17, 15) is 9.59 Å². The van der Waals surface area contributed by atoms with Crippen LogP contribution in [0.25, 0.3) is 0 Å². The molecule has 0 radical (unpaired) electrons. The van der Waals surface area contributed by atoms with Crippen LogP contribution in [0, 0.1) is 17.8 Å². The number of ether oxygens (including phenoxy) is 3. The fourth-order valence-corrected chi connectivity index (χ4v) is 8.40. The molecule has 232 valence electrons. The Morgan fingerprint density at radius 3 is 2.39 bits per heavy atom. The van der Waals surface area contributed by atoms with Gasteiger partial charge in [-0.05, 0) is 83.5 Å². The lowest BCUT2D eigenvalue weighted by Crippen LogP contribution is -2.60. The van der Waals surface area contributed by atoms with Gasteiger partial charge in [0.25, 0.3) is 0 Å². The van der Waals surface area contributed by atoms with E-state index < -0.39 is 0 Å². The molecule has 7 atom stereocenters. The van der Waals surface area contributed by atoms with Crippen molar-refractivity contribution in [2.24, 2.45) is 22.7 Å². The summed E-state index contributed by atoms with van der Waals surface area (Å²) < 4.78 is 18.2. The van der Waals surface area contributed by atoms with Gasteiger partial charge < -0.3 is 24.4 Å². The van der Waals surface area contributed by atoms with E-state index in [1.165, 1.54) is 0 Å². The molecule has 41 heavy (non-hydrogen) atoms. The third-order valence-electron chi connectivity index (χ3n) is 10.2. The van der Waals surface area contributed by atoms with E-state index in [0.717, 1.165) is 76.5 Å². The first-order valence-corrected chi connectivity index (χ1v) is 16.5. The van der Waals surface area contributed by atoms with Crippen molar-refractivity contribution in [3.63, 3.8) is 0 Å². The number of aliphatic imine (C=N–C) groups is 1. The van der Waals surface area contributed by atoms with Gasteiger partial charge in [0, 0.05) is 45.0 Å². The second kappa shape index (κ2) is 13.9. The van der Waals surface area contributed by atoms with Crippen molar-refractivity contribution >= 4 is 29.4 Å². The smallest absolute Gasteiger partial charge is 0.326 e. The first-order chi connectivity index (χ1) is 19.8. The van der Waals surface area contributed by atoms with Crippen LogP contribution in [0.15, 0.2) is 4.99 Å². The summed E-state index contributed by atoms with van der Waals surface area (Å²) in [5.74, 6) is 1.45. The molecule has 3 aliphatic carbocycles. The van der Waals surface area contributed by atoms with Crippen molar-refractivity contribution in [3.8, 4) is 0 Å². The zero-order valence-corrected chi connectivity index (χ0v) is 26.2. The number of amides is 3. The van der Waals surface area contributed by atoms with Crippen molar-refractivity contribution < 1.29 is 23.8 Å². The van der Waals surface area contributed by atoms with Crippen LogP contribution < -0.4 is 5.32 Å². The van der Waals surface area contributed by atoms with Crippen molar-refractivity contribution in [1.82, 2.24) is 15.1 Å². The number of methoxy groups -OCH3 is 2. The number of hydrogen-bond donors (Lipinski definition) is 1. The molecular formula is C31H51ClN4O5. The lowest BCUT2D eigenvalue weighted by atomic mass is 9.73. The van der Waals surface area contributed by atoms with Crippen LogP contribution >= 0.6 is 11.6 Å². The summed E-state index contributed by atoms with van der Waals surface area (Å²) in [6.07, 6.45) is 11.1. The number of amidine groups is 1. The predicted octanol–water partition coefficient (Wildman–Crippen LogP) is 4.60. The van der Waals surface area contributed by atoms with Crippen LogP contribution in [-0.2, 0) is 19.0 Å². The third kappa shape index (κ3) is 7.05. The molecule has 1 saturated heterocycles.